The van der Waals surface area contributed by atoms with Crippen molar-refractivity contribution in [3.05, 3.63) is 78.4 Å². The topological polar surface area (TPSA) is 63.6 Å². The first-order valence-electron chi connectivity index (χ1n) is 7.82. The lowest BCUT2D eigenvalue weighted by atomic mass is 10.1. The van der Waals surface area contributed by atoms with Gasteiger partial charge in [0.05, 0.1) is 0 Å². The highest BCUT2D eigenvalue weighted by atomic mass is 16.5. The average Bonchev–Trinajstić information content (AvgIpc) is 2.56. The number of carboxylic acids is 1. The number of carboxylic acid groups (broad SMARTS) is 1. The molecule has 4 heteroatoms. The molecule has 0 saturated heterocycles. The van der Waals surface area contributed by atoms with Gasteiger partial charge in [0.1, 0.15) is 5.75 Å². The number of hydrogen-bond donors (Lipinski definition) is 1. The van der Waals surface area contributed by atoms with Crippen LogP contribution in [0.3, 0.4) is 0 Å². The Morgan fingerprint density at radius 1 is 1.00 bits per heavy atom. The molecule has 0 radical (unpaired) electrons. The molecule has 24 heavy (non-hydrogen) atoms. The molecule has 126 valence electrons. The Morgan fingerprint density at radius 3 is 2.33 bits per heavy atom. The second-order valence-electron chi connectivity index (χ2n) is 4.92. The maximum Gasteiger partial charge on any atom is 0.336 e. The van der Waals surface area contributed by atoms with E-state index in [2.05, 4.69) is 0 Å². The lowest BCUT2D eigenvalue weighted by molar-refractivity contribution is -0.131. The zero-order valence-corrected chi connectivity index (χ0v) is 13.7. The van der Waals surface area contributed by atoms with Crippen LogP contribution in [0.25, 0.3) is 0 Å². The summed E-state index contributed by atoms with van der Waals surface area (Å²) < 4.78 is 5.19. The molecule has 4 nitrogen and oxygen atoms in total. The van der Waals surface area contributed by atoms with Crippen LogP contribution in [-0.2, 0) is 16.0 Å². The summed E-state index contributed by atoms with van der Waals surface area (Å²) in [5.74, 6) is -0.856. The molecule has 0 aromatic heterocycles. The first-order valence-corrected chi connectivity index (χ1v) is 7.82. The van der Waals surface area contributed by atoms with Crippen molar-refractivity contribution < 1.29 is 19.4 Å². The van der Waals surface area contributed by atoms with E-state index in [1.165, 1.54) is 12.2 Å². The number of benzene rings is 1. The van der Waals surface area contributed by atoms with Gasteiger partial charge in [-0.3, -0.25) is 0 Å². The van der Waals surface area contributed by atoms with Crippen molar-refractivity contribution in [1.29, 1.82) is 0 Å². The van der Waals surface area contributed by atoms with Crippen LogP contribution in [0.15, 0.2) is 72.9 Å². The molecule has 0 atom stereocenters. The molecule has 1 rings (SSSR count). The zero-order chi connectivity index (χ0) is 17.6. The quantitative estimate of drug-likeness (QED) is 0.319. The molecule has 0 amide bonds. The smallest absolute Gasteiger partial charge is 0.336 e. The number of carbonyl (C=O) groups excluding carboxylic acids is 1. The van der Waals surface area contributed by atoms with Crippen LogP contribution < -0.4 is 4.74 Å². The standard InChI is InChI=1S/C20H22O4/c1-2-3-4-9-12-20(23)24-18-15-13-17(14-16-18)10-7-5-6-8-11-19(21)22/h3-6,8-9,11-16H,2,7,10H2,1H3,(H,21,22). The van der Waals surface area contributed by atoms with E-state index >= 15 is 0 Å². The van der Waals surface area contributed by atoms with E-state index in [4.69, 9.17) is 9.84 Å². The van der Waals surface area contributed by atoms with Crippen molar-refractivity contribution in [2.75, 3.05) is 0 Å². The maximum atomic E-state index is 11.6. The van der Waals surface area contributed by atoms with E-state index in [0.717, 1.165) is 30.9 Å². The van der Waals surface area contributed by atoms with E-state index in [9.17, 15) is 9.59 Å². The maximum absolute atomic E-state index is 11.6. The summed E-state index contributed by atoms with van der Waals surface area (Å²) in [6.07, 6.45) is 15.6. The second-order valence-corrected chi connectivity index (χ2v) is 4.92. The monoisotopic (exact) mass is 326 g/mol. The summed E-state index contributed by atoms with van der Waals surface area (Å²) in [5.41, 5.74) is 1.11. The van der Waals surface area contributed by atoms with Gasteiger partial charge in [-0.05, 0) is 37.0 Å². The van der Waals surface area contributed by atoms with Crippen LogP contribution >= 0.6 is 0 Å². The van der Waals surface area contributed by atoms with Gasteiger partial charge in [-0.1, -0.05) is 55.5 Å². The van der Waals surface area contributed by atoms with Crippen LogP contribution in [0.5, 0.6) is 5.75 Å². The minimum absolute atomic E-state index is 0.406. The van der Waals surface area contributed by atoms with Crippen LogP contribution in [0.1, 0.15) is 25.3 Å². The fourth-order valence-electron chi connectivity index (χ4n) is 1.79. The summed E-state index contributed by atoms with van der Waals surface area (Å²) in [4.78, 5) is 21.9. The van der Waals surface area contributed by atoms with E-state index in [0.29, 0.717) is 5.75 Å². The molecule has 0 aliphatic rings. The van der Waals surface area contributed by atoms with Crippen molar-refractivity contribution in [3.63, 3.8) is 0 Å². The molecule has 0 aliphatic carbocycles. The SMILES string of the molecule is CCC=CC=CC(=O)Oc1ccc(CCC=CC=CC(=O)O)cc1. The van der Waals surface area contributed by atoms with Gasteiger partial charge in [0.2, 0.25) is 0 Å². The minimum Gasteiger partial charge on any atom is -0.478 e. The lowest BCUT2D eigenvalue weighted by Gasteiger charge is -2.03. The molecule has 0 unspecified atom stereocenters. The van der Waals surface area contributed by atoms with Crippen molar-refractivity contribution in [3.8, 4) is 5.75 Å². The van der Waals surface area contributed by atoms with E-state index in [-0.39, 0.29) is 0 Å². The van der Waals surface area contributed by atoms with Crippen molar-refractivity contribution in [1.82, 2.24) is 0 Å². The molecule has 0 fully saturated rings. The first kappa shape index (κ1) is 19.2. The molecular formula is C20H22O4. The molecule has 0 aliphatic heterocycles. The van der Waals surface area contributed by atoms with Crippen molar-refractivity contribution in [2.24, 2.45) is 0 Å². The lowest BCUT2D eigenvalue weighted by Crippen LogP contribution is -2.03. The van der Waals surface area contributed by atoms with Crippen LogP contribution in [0.2, 0.25) is 0 Å². The Balaban J connectivity index is 2.40. The number of ether oxygens (including phenoxy) is 1. The summed E-state index contributed by atoms with van der Waals surface area (Å²) >= 11 is 0. The number of allylic oxidation sites excluding steroid dienone is 6. The predicted molar refractivity (Wildman–Crippen MR) is 94.9 cm³/mol. The first-order chi connectivity index (χ1) is 11.6. The Labute approximate surface area is 142 Å². The van der Waals surface area contributed by atoms with Crippen molar-refractivity contribution >= 4 is 11.9 Å². The van der Waals surface area contributed by atoms with Crippen molar-refractivity contribution in [2.45, 2.75) is 26.2 Å². The fourth-order valence-corrected chi connectivity index (χ4v) is 1.79. The predicted octanol–water partition coefficient (Wildman–Crippen LogP) is 4.24. The van der Waals surface area contributed by atoms with Gasteiger partial charge >= 0.3 is 11.9 Å². The second kappa shape index (κ2) is 11.7. The van der Waals surface area contributed by atoms with Gasteiger partial charge in [0.25, 0.3) is 0 Å². The number of hydrogen-bond acceptors (Lipinski definition) is 3. The number of esters is 1. The largest absolute Gasteiger partial charge is 0.478 e. The summed E-state index contributed by atoms with van der Waals surface area (Å²) in [7, 11) is 0. The molecule has 1 aromatic rings. The Morgan fingerprint density at radius 2 is 1.67 bits per heavy atom. The number of rotatable bonds is 9. The van der Waals surface area contributed by atoms with Gasteiger partial charge in [-0.2, -0.15) is 0 Å². The van der Waals surface area contributed by atoms with Crippen LogP contribution in [0, 0.1) is 0 Å². The number of aryl methyl sites for hydroxylation is 1. The minimum atomic E-state index is -0.957. The molecule has 1 N–H and O–H groups in total. The molecular weight excluding hydrogens is 304 g/mol. The highest BCUT2D eigenvalue weighted by Crippen LogP contribution is 2.14. The number of aliphatic carboxylic acids is 1. The third-order valence-electron chi connectivity index (χ3n) is 2.94. The third-order valence-corrected chi connectivity index (χ3v) is 2.94. The number of carbonyl (C=O) groups is 2. The molecule has 1 aromatic carbocycles. The van der Waals surface area contributed by atoms with E-state index in [1.807, 2.05) is 37.3 Å². The van der Waals surface area contributed by atoms with Gasteiger partial charge in [-0.15, -0.1) is 0 Å². The Kier molecular flexibility index (Phi) is 9.31. The van der Waals surface area contributed by atoms with E-state index < -0.39 is 11.9 Å². The molecule has 0 saturated carbocycles. The third kappa shape index (κ3) is 9.20. The summed E-state index contributed by atoms with van der Waals surface area (Å²) in [6, 6.07) is 7.34. The zero-order valence-electron chi connectivity index (χ0n) is 13.7. The molecule has 0 bridgehead atoms. The highest BCUT2D eigenvalue weighted by molar-refractivity contribution is 5.84. The average molecular weight is 326 g/mol. The van der Waals surface area contributed by atoms with Crippen LogP contribution in [0.4, 0.5) is 0 Å². The molecule has 0 heterocycles. The van der Waals surface area contributed by atoms with Gasteiger partial charge in [0, 0.05) is 12.2 Å². The normalized spacial score (nSPS) is 11.9. The van der Waals surface area contributed by atoms with Gasteiger partial charge in [-0.25, -0.2) is 9.59 Å². The summed E-state index contributed by atoms with van der Waals surface area (Å²) in [5, 5.41) is 8.44. The van der Waals surface area contributed by atoms with Crippen LogP contribution in [-0.4, -0.2) is 17.0 Å². The molecule has 0 spiro atoms. The Bertz CT molecular complexity index is 634. The van der Waals surface area contributed by atoms with Gasteiger partial charge < -0.3 is 9.84 Å². The van der Waals surface area contributed by atoms with Gasteiger partial charge in [0.15, 0.2) is 0 Å². The highest BCUT2D eigenvalue weighted by Gasteiger charge is 2.00. The van der Waals surface area contributed by atoms with E-state index in [1.54, 1.807) is 24.3 Å². The summed E-state index contributed by atoms with van der Waals surface area (Å²) in [6.45, 7) is 2.02. The Hall–Kier alpha value is -2.88. The fraction of sp³-hybridized carbons (Fsp3) is 0.200.